The Morgan fingerprint density at radius 1 is 1.50 bits per heavy atom. The number of nitrogens with one attached hydrogen (secondary N) is 1. The normalized spacial score (nSPS) is 18.6. The first-order valence-corrected chi connectivity index (χ1v) is 4.99. The van der Waals surface area contributed by atoms with E-state index in [-0.39, 0.29) is 18.0 Å². The molecule has 14 heavy (non-hydrogen) atoms. The zero-order valence-electron chi connectivity index (χ0n) is 8.95. The maximum absolute atomic E-state index is 11.5. The predicted molar refractivity (Wildman–Crippen MR) is 53.5 cm³/mol. The maximum Gasteiger partial charge on any atom is 0.317 e. The largest absolute Gasteiger partial charge is 0.335 e. The fourth-order valence-electron chi connectivity index (χ4n) is 1.18. The lowest BCUT2D eigenvalue weighted by molar-refractivity contribution is 0.139. The molecule has 0 aliphatic carbocycles. The zero-order valence-corrected chi connectivity index (χ0v) is 8.95. The second-order valence-electron chi connectivity index (χ2n) is 4.21. The fraction of sp³-hybridized carbons (Fsp3) is 0.800. The van der Waals surface area contributed by atoms with Gasteiger partial charge >= 0.3 is 6.03 Å². The lowest BCUT2D eigenvalue weighted by Gasteiger charge is -2.36. The Labute approximate surface area is 84.9 Å². The van der Waals surface area contributed by atoms with Crippen molar-refractivity contribution in [3.8, 4) is 6.07 Å². The second-order valence-corrected chi connectivity index (χ2v) is 4.21. The van der Waals surface area contributed by atoms with Crippen LogP contribution in [0.5, 0.6) is 0 Å². The molecule has 1 atom stereocenters. The quantitative estimate of drug-likeness (QED) is 0.719. The lowest BCUT2D eigenvalue weighted by atomic mass is 10.0. The van der Waals surface area contributed by atoms with Crippen LogP contribution in [0.25, 0.3) is 0 Å². The molecule has 1 saturated heterocycles. The number of hydrogen-bond acceptors (Lipinski definition) is 2. The Hall–Kier alpha value is -1.24. The summed E-state index contributed by atoms with van der Waals surface area (Å²) in [7, 11) is 0. The van der Waals surface area contributed by atoms with Gasteiger partial charge in [-0.3, -0.25) is 0 Å². The molecule has 0 saturated carbocycles. The van der Waals surface area contributed by atoms with Gasteiger partial charge in [0.2, 0.25) is 0 Å². The molecule has 1 aliphatic heterocycles. The van der Waals surface area contributed by atoms with Crippen LogP contribution in [-0.2, 0) is 0 Å². The highest BCUT2D eigenvalue weighted by Crippen LogP contribution is 2.14. The van der Waals surface area contributed by atoms with E-state index in [2.05, 4.69) is 25.2 Å². The van der Waals surface area contributed by atoms with E-state index in [1.165, 1.54) is 0 Å². The first kappa shape index (κ1) is 10.8. The molecule has 2 amide bonds. The molecule has 0 aromatic carbocycles. The minimum atomic E-state index is -0.0438. The van der Waals surface area contributed by atoms with Crippen molar-refractivity contribution >= 4 is 6.03 Å². The van der Waals surface area contributed by atoms with Crippen molar-refractivity contribution in [2.45, 2.75) is 26.8 Å². The minimum Gasteiger partial charge on any atom is -0.335 e. The molecule has 0 unspecified atom stereocenters. The van der Waals surface area contributed by atoms with Gasteiger partial charge in [-0.1, -0.05) is 13.8 Å². The summed E-state index contributed by atoms with van der Waals surface area (Å²) in [6.45, 7) is 7.28. The molecule has 0 spiro atoms. The molecule has 0 radical (unpaired) electrons. The first-order chi connectivity index (χ1) is 6.54. The van der Waals surface area contributed by atoms with E-state index < -0.39 is 0 Å². The van der Waals surface area contributed by atoms with Gasteiger partial charge in [0.1, 0.15) is 0 Å². The predicted octanol–water partition coefficient (Wildman–Crippen LogP) is 1.20. The van der Waals surface area contributed by atoms with Gasteiger partial charge in [-0.15, -0.1) is 0 Å². The number of rotatable bonds is 2. The fourth-order valence-corrected chi connectivity index (χ4v) is 1.18. The smallest absolute Gasteiger partial charge is 0.317 e. The minimum absolute atomic E-state index is 0.0371. The van der Waals surface area contributed by atoms with E-state index in [1.807, 2.05) is 6.92 Å². The number of amides is 2. The molecule has 1 heterocycles. The van der Waals surface area contributed by atoms with Gasteiger partial charge in [-0.2, -0.15) is 5.26 Å². The number of urea groups is 1. The average molecular weight is 195 g/mol. The Balaban J connectivity index is 2.28. The van der Waals surface area contributed by atoms with E-state index in [1.54, 1.807) is 4.90 Å². The van der Waals surface area contributed by atoms with Crippen molar-refractivity contribution in [1.82, 2.24) is 10.2 Å². The molecule has 0 aromatic rings. The van der Waals surface area contributed by atoms with Crippen LogP contribution in [0.15, 0.2) is 0 Å². The van der Waals surface area contributed by atoms with Crippen LogP contribution in [-0.4, -0.2) is 30.1 Å². The highest BCUT2D eigenvalue weighted by atomic mass is 16.2. The standard InChI is InChI=1S/C10H17N3O/c1-7(2)8(3)12-10(14)13-5-9(4-11)6-13/h7-9H,5-6H2,1-3H3,(H,12,14)/t8-/m1/s1. The first-order valence-electron chi connectivity index (χ1n) is 4.99. The van der Waals surface area contributed by atoms with Gasteiger partial charge < -0.3 is 10.2 Å². The van der Waals surface area contributed by atoms with Crippen LogP contribution in [0.3, 0.4) is 0 Å². The maximum atomic E-state index is 11.5. The van der Waals surface area contributed by atoms with E-state index in [0.717, 1.165) is 0 Å². The van der Waals surface area contributed by atoms with Crippen LogP contribution in [0.2, 0.25) is 0 Å². The third-order valence-corrected chi connectivity index (χ3v) is 2.70. The van der Waals surface area contributed by atoms with Gasteiger partial charge in [0.15, 0.2) is 0 Å². The summed E-state index contributed by atoms with van der Waals surface area (Å²) in [4.78, 5) is 13.2. The topological polar surface area (TPSA) is 56.1 Å². The molecular formula is C10H17N3O. The number of nitriles is 1. The van der Waals surface area contributed by atoms with Gasteiger partial charge in [-0.25, -0.2) is 4.79 Å². The Kier molecular flexibility index (Phi) is 3.34. The van der Waals surface area contributed by atoms with Gasteiger partial charge in [0, 0.05) is 19.1 Å². The van der Waals surface area contributed by atoms with Gasteiger partial charge in [0.05, 0.1) is 12.0 Å². The van der Waals surface area contributed by atoms with Crippen LogP contribution in [0.1, 0.15) is 20.8 Å². The van der Waals surface area contributed by atoms with Crippen LogP contribution < -0.4 is 5.32 Å². The van der Waals surface area contributed by atoms with Crippen LogP contribution in [0.4, 0.5) is 4.79 Å². The third kappa shape index (κ3) is 2.38. The molecule has 1 aliphatic rings. The average Bonchev–Trinajstić information content (AvgIpc) is 2.01. The molecule has 1 N–H and O–H groups in total. The summed E-state index contributed by atoms with van der Waals surface area (Å²) < 4.78 is 0. The molecule has 0 bridgehead atoms. The van der Waals surface area contributed by atoms with E-state index in [9.17, 15) is 4.79 Å². The summed E-state index contributed by atoms with van der Waals surface area (Å²) in [5.74, 6) is 0.474. The molecule has 78 valence electrons. The molecule has 4 heteroatoms. The molecule has 1 fully saturated rings. The van der Waals surface area contributed by atoms with Crippen LogP contribution in [0, 0.1) is 23.2 Å². The zero-order chi connectivity index (χ0) is 10.7. The summed E-state index contributed by atoms with van der Waals surface area (Å²) >= 11 is 0. The van der Waals surface area contributed by atoms with Crippen molar-refractivity contribution in [2.75, 3.05) is 13.1 Å². The SMILES string of the molecule is CC(C)[C@@H](C)NC(=O)N1CC(C#N)C1. The molecule has 1 rings (SSSR count). The lowest BCUT2D eigenvalue weighted by Crippen LogP contribution is -2.55. The van der Waals surface area contributed by atoms with Crippen LogP contribution >= 0.6 is 0 Å². The number of carbonyl (C=O) groups is 1. The summed E-state index contributed by atoms with van der Waals surface area (Å²) in [6.07, 6.45) is 0. The monoisotopic (exact) mass is 195 g/mol. The Morgan fingerprint density at radius 2 is 2.07 bits per heavy atom. The van der Waals surface area contributed by atoms with Crippen molar-refractivity contribution in [2.24, 2.45) is 11.8 Å². The summed E-state index contributed by atoms with van der Waals surface area (Å²) in [5, 5.41) is 11.5. The summed E-state index contributed by atoms with van der Waals surface area (Å²) in [5.41, 5.74) is 0. The van der Waals surface area contributed by atoms with Crippen molar-refractivity contribution < 1.29 is 4.79 Å². The van der Waals surface area contributed by atoms with E-state index >= 15 is 0 Å². The van der Waals surface area contributed by atoms with Gasteiger partial charge in [0.25, 0.3) is 0 Å². The Morgan fingerprint density at radius 3 is 2.50 bits per heavy atom. The summed E-state index contributed by atoms with van der Waals surface area (Å²) in [6, 6.07) is 2.28. The molecule has 0 aromatic heterocycles. The van der Waals surface area contributed by atoms with Gasteiger partial charge in [-0.05, 0) is 12.8 Å². The van der Waals surface area contributed by atoms with Crippen molar-refractivity contribution in [3.63, 3.8) is 0 Å². The molecule has 4 nitrogen and oxygen atoms in total. The highest BCUT2D eigenvalue weighted by molar-refractivity contribution is 5.75. The third-order valence-electron chi connectivity index (χ3n) is 2.70. The number of hydrogen-bond donors (Lipinski definition) is 1. The Bertz CT molecular complexity index is 251. The van der Waals surface area contributed by atoms with E-state index in [0.29, 0.717) is 19.0 Å². The highest BCUT2D eigenvalue weighted by Gasteiger charge is 2.31. The van der Waals surface area contributed by atoms with E-state index in [4.69, 9.17) is 5.26 Å². The number of carbonyl (C=O) groups excluding carboxylic acids is 1. The second kappa shape index (κ2) is 4.32. The number of likely N-dealkylation sites (tertiary alicyclic amines) is 1. The number of nitrogens with zero attached hydrogens (tertiary/aromatic N) is 2. The van der Waals surface area contributed by atoms with Crippen molar-refractivity contribution in [1.29, 1.82) is 5.26 Å². The molecular weight excluding hydrogens is 178 g/mol. The van der Waals surface area contributed by atoms with Crippen molar-refractivity contribution in [3.05, 3.63) is 0 Å².